The average Bonchev–Trinajstić information content (AvgIpc) is 2.70. The fourth-order valence-corrected chi connectivity index (χ4v) is 2.57. The first kappa shape index (κ1) is 14.2. The third kappa shape index (κ3) is 4.13. The highest BCUT2D eigenvalue weighted by Crippen LogP contribution is 2.26. The Hall–Kier alpha value is -0.870. The van der Waals surface area contributed by atoms with Crippen molar-refractivity contribution in [2.24, 2.45) is 0 Å². The van der Waals surface area contributed by atoms with Gasteiger partial charge in [-0.3, -0.25) is 4.79 Å². The molecule has 1 rings (SSSR count). The Kier molecular flexibility index (Phi) is 5.15. The van der Waals surface area contributed by atoms with Gasteiger partial charge in [0.25, 0.3) is 0 Å². The second-order valence-electron chi connectivity index (χ2n) is 4.52. The minimum Gasteiger partial charge on any atom is -0.393 e. The van der Waals surface area contributed by atoms with Crippen LogP contribution < -0.4 is 0 Å². The largest absolute Gasteiger partial charge is 0.393 e. The number of hydrogen-bond acceptors (Lipinski definition) is 3. The highest BCUT2D eigenvalue weighted by atomic mass is 32.1. The number of aliphatic hydroxyl groups excluding tert-OH is 1. The molecule has 0 aliphatic heterocycles. The number of thiophene rings is 1. The van der Waals surface area contributed by atoms with Crippen LogP contribution in [-0.4, -0.2) is 29.1 Å². The van der Waals surface area contributed by atoms with E-state index < -0.39 is 6.10 Å². The van der Waals surface area contributed by atoms with E-state index in [0.717, 1.165) is 0 Å². The maximum absolute atomic E-state index is 11.9. The molecular weight excluding hydrogens is 234 g/mol. The first-order valence-corrected chi connectivity index (χ1v) is 6.73. The lowest BCUT2D eigenvalue weighted by Gasteiger charge is -2.24. The topological polar surface area (TPSA) is 40.5 Å². The van der Waals surface area contributed by atoms with E-state index in [2.05, 4.69) is 19.1 Å². The van der Waals surface area contributed by atoms with Crippen LogP contribution in [0.15, 0.2) is 12.1 Å². The van der Waals surface area contributed by atoms with E-state index in [1.54, 1.807) is 23.2 Å². The molecule has 0 fully saturated rings. The Labute approximate surface area is 107 Å². The molecule has 1 aromatic heterocycles. The highest BCUT2D eigenvalue weighted by molar-refractivity contribution is 7.12. The second-order valence-corrected chi connectivity index (χ2v) is 5.84. The van der Waals surface area contributed by atoms with Crippen LogP contribution in [-0.2, 0) is 4.79 Å². The van der Waals surface area contributed by atoms with Gasteiger partial charge in [0.05, 0.1) is 12.1 Å². The molecule has 2 unspecified atom stereocenters. The Bertz CT molecular complexity index is 373. The van der Waals surface area contributed by atoms with Gasteiger partial charge in [-0.1, -0.05) is 0 Å². The minimum atomic E-state index is -0.411. The van der Waals surface area contributed by atoms with Crippen LogP contribution in [0.3, 0.4) is 0 Å². The van der Waals surface area contributed by atoms with Crippen molar-refractivity contribution in [3.8, 4) is 0 Å². The molecule has 4 heteroatoms. The van der Waals surface area contributed by atoms with Crippen molar-refractivity contribution >= 4 is 17.2 Å². The third-order valence-electron chi connectivity index (χ3n) is 2.92. The third-order valence-corrected chi connectivity index (χ3v) is 4.09. The average molecular weight is 255 g/mol. The zero-order valence-electron chi connectivity index (χ0n) is 10.9. The molecule has 0 bridgehead atoms. The summed E-state index contributed by atoms with van der Waals surface area (Å²) in [7, 11) is 1.82. The summed E-state index contributed by atoms with van der Waals surface area (Å²) in [4.78, 5) is 16.1. The number of carbonyl (C=O) groups is 1. The molecule has 1 heterocycles. The van der Waals surface area contributed by atoms with Crippen LogP contribution in [0.5, 0.6) is 0 Å². The van der Waals surface area contributed by atoms with Crippen molar-refractivity contribution in [2.75, 3.05) is 7.05 Å². The molecule has 0 aliphatic rings. The number of aryl methyl sites for hydroxylation is 1. The normalized spacial score (nSPS) is 14.4. The number of nitrogens with zero attached hydrogens (tertiary/aromatic N) is 1. The summed E-state index contributed by atoms with van der Waals surface area (Å²) in [5, 5.41) is 9.17. The van der Waals surface area contributed by atoms with Gasteiger partial charge < -0.3 is 10.0 Å². The Morgan fingerprint density at radius 3 is 2.59 bits per heavy atom. The van der Waals surface area contributed by atoms with E-state index in [4.69, 9.17) is 0 Å². The Morgan fingerprint density at radius 2 is 2.12 bits per heavy atom. The maximum Gasteiger partial charge on any atom is 0.222 e. The van der Waals surface area contributed by atoms with Gasteiger partial charge in [0, 0.05) is 23.2 Å². The minimum absolute atomic E-state index is 0.0875. The van der Waals surface area contributed by atoms with Crippen LogP contribution in [0, 0.1) is 6.92 Å². The highest BCUT2D eigenvalue weighted by Gasteiger charge is 2.18. The number of carbonyl (C=O) groups excluding carboxylic acids is 1. The predicted molar refractivity (Wildman–Crippen MR) is 71.2 cm³/mol. The van der Waals surface area contributed by atoms with E-state index in [9.17, 15) is 9.90 Å². The van der Waals surface area contributed by atoms with Crippen molar-refractivity contribution in [3.63, 3.8) is 0 Å². The molecule has 0 aromatic carbocycles. The summed E-state index contributed by atoms with van der Waals surface area (Å²) in [6.45, 7) is 5.81. The molecule has 1 aromatic rings. The molecule has 0 spiro atoms. The van der Waals surface area contributed by atoms with Crippen LogP contribution in [0.4, 0.5) is 0 Å². The molecule has 17 heavy (non-hydrogen) atoms. The fraction of sp³-hybridized carbons (Fsp3) is 0.615. The quantitative estimate of drug-likeness (QED) is 0.879. The number of amides is 1. The van der Waals surface area contributed by atoms with Crippen molar-refractivity contribution in [1.29, 1.82) is 0 Å². The maximum atomic E-state index is 11.9. The predicted octanol–water partition coefficient (Wildman–Crippen LogP) is 2.74. The van der Waals surface area contributed by atoms with E-state index in [1.165, 1.54) is 9.75 Å². The molecule has 1 N–H and O–H groups in total. The Morgan fingerprint density at radius 1 is 1.47 bits per heavy atom. The summed E-state index contributed by atoms with van der Waals surface area (Å²) in [6, 6.07) is 4.25. The van der Waals surface area contributed by atoms with Crippen LogP contribution >= 0.6 is 11.3 Å². The summed E-state index contributed by atoms with van der Waals surface area (Å²) >= 11 is 1.72. The summed E-state index contributed by atoms with van der Waals surface area (Å²) in [5.74, 6) is 0.0875. The van der Waals surface area contributed by atoms with Gasteiger partial charge >= 0.3 is 0 Å². The smallest absolute Gasteiger partial charge is 0.222 e. The Balaban J connectivity index is 2.57. The lowest BCUT2D eigenvalue weighted by molar-refractivity contribution is -0.132. The molecule has 0 saturated heterocycles. The van der Waals surface area contributed by atoms with E-state index in [1.807, 2.05) is 14.0 Å². The second kappa shape index (κ2) is 6.17. The standard InChI is InChI=1S/C13H21NO2S/c1-9(15)5-8-13(16)14(4)11(3)12-7-6-10(2)17-12/h6-7,9,11,15H,5,8H2,1-4H3. The first-order chi connectivity index (χ1) is 7.91. The molecule has 0 radical (unpaired) electrons. The van der Waals surface area contributed by atoms with Crippen molar-refractivity contribution in [2.45, 2.75) is 45.8 Å². The fourth-order valence-electron chi connectivity index (χ4n) is 1.59. The van der Waals surface area contributed by atoms with Crippen molar-refractivity contribution in [3.05, 3.63) is 21.9 Å². The molecule has 96 valence electrons. The molecule has 1 amide bonds. The van der Waals surface area contributed by atoms with Gasteiger partial charge in [0.2, 0.25) is 5.91 Å². The SMILES string of the molecule is Cc1ccc(C(C)N(C)C(=O)CCC(C)O)s1. The molecular formula is C13H21NO2S. The van der Waals surface area contributed by atoms with Crippen molar-refractivity contribution in [1.82, 2.24) is 4.90 Å². The summed E-state index contributed by atoms with van der Waals surface area (Å²) < 4.78 is 0. The van der Waals surface area contributed by atoms with E-state index >= 15 is 0 Å². The molecule has 0 saturated carbocycles. The van der Waals surface area contributed by atoms with Gasteiger partial charge in [-0.15, -0.1) is 11.3 Å². The van der Waals surface area contributed by atoms with E-state index in [-0.39, 0.29) is 11.9 Å². The number of rotatable bonds is 5. The zero-order valence-corrected chi connectivity index (χ0v) is 11.8. The lowest BCUT2D eigenvalue weighted by Crippen LogP contribution is -2.29. The van der Waals surface area contributed by atoms with Crippen LogP contribution in [0.1, 0.15) is 42.5 Å². The molecule has 0 aliphatic carbocycles. The summed E-state index contributed by atoms with van der Waals surface area (Å²) in [5.41, 5.74) is 0. The van der Waals surface area contributed by atoms with Gasteiger partial charge in [0.1, 0.15) is 0 Å². The van der Waals surface area contributed by atoms with Crippen LogP contribution in [0.2, 0.25) is 0 Å². The van der Waals surface area contributed by atoms with E-state index in [0.29, 0.717) is 12.8 Å². The van der Waals surface area contributed by atoms with Gasteiger partial charge in [-0.05, 0) is 39.3 Å². The van der Waals surface area contributed by atoms with Gasteiger partial charge in [0.15, 0.2) is 0 Å². The lowest BCUT2D eigenvalue weighted by atomic mass is 10.1. The number of hydrogen-bond donors (Lipinski definition) is 1. The first-order valence-electron chi connectivity index (χ1n) is 5.92. The van der Waals surface area contributed by atoms with Gasteiger partial charge in [-0.25, -0.2) is 0 Å². The van der Waals surface area contributed by atoms with Crippen LogP contribution in [0.25, 0.3) is 0 Å². The monoisotopic (exact) mass is 255 g/mol. The number of aliphatic hydroxyl groups is 1. The van der Waals surface area contributed by atoms with Gasteiger partial charge in [-0.2, -0.15) is 0 Å². The molecule has 3 nitrogen and oxygen atoms in total. The summed E-state index contributed by atoms with van der Waals surface area (Å²) in [6.07, 6.45) is 0.522. The van der Waals surface area contributed by atoms with Crippen molar-refractivity contribution < 1.29 is 9.90 Å². The molecule has 2 atom stereocenters. The zero-order chi connectivity index (χ0) is 13.0.